The Morgan fingerprint density at radius 1 is 1.22 bits per heavy atom. The molecule has 0 bridgehead atoms. The van der Waals surface area contributed by atoms with E-state index in [1.807, 2.05) is 43.3 Å². The number of aromatic amines is 1. The molecule has 6 nitrogen and oxygen atoms in total. The highest BCUT2D eigenvalue weighted by atomic mass is 32.1. The van der Waals surface area contributed by atoms with Crippen LogP contribution in [0.2, 0.25) is 0 Å². The first-order valence-electron chi connectivity index (χ1n) is 7.13. The molecular weight excluding hydrogens is 310 g/mol. The topological polar surface area (TPSA) is 68.1 Å². The second kappa shape index (κ2) is 6.97. The number of benzene rings is 1. The largest absolute Gasteiger partial charge is 0.494 e. The lowest BCUT2D eigenvalue weighted by Gasteiger charge is -2.02. The molecule has 3 aromatic rings. The molecule has 2 heterocycles. The number of aromatic nitrogens is 4. The number of ether oxygens (including phenoxy) is 1. The molecular formula is C16H15N5OS. The maximum Gasteiger partial charge on any atom is 0.216 e. The van der Waals surface area contributed by atoms with Crippen LogP contribution in [0.3, 0.4) is 0 Å². The first-order valence-corrected chi connectivity index (χ1v) is 7.54. The van der Waals surface area contributed by atoms with Gasteiger partial charge in [0.2, 0.25) is 4.77 Å². The maximum atomic E-state index is 5.42. The van der Waals surface area contributed by atoms with Gasteiger partial charge in [0.1, 0.15) is 5.75 Å². The van der Waals surface area contributed by atoms with Crippen molar-refractivity contribution in [2.75, 3.05) is 6.61 Å². The molecule has 0 aliphatic rings. The molecule has 0 fully saturated rings. The summed E-state index contributed by atoms with van der Waals surface area (Å²) in [5, 5.41) is 11.4. The molecule has 0 aliphatic heterocycles. The zero-order valence-electron chi connectivity index (χ0n) is 12.5. The Balaban J connectivity index is 1.88. The summed E-state index contributed by atoms with van der Waals surface area (Å²) in [6, 6.07) is 11.4. The minimum absolute atomic E-state index is 0.430. The van der Waals surface area contributed by atoms with Crippen molar-refractivity contribution in [3.63, 3.8) is 0 Å². The van der Waals surface area contributed by atoms with Gasteiger partial charge in [0.25, 0.3) is 0 Å². The second-order valence-corrected chi connectivity index (χ2v) is 5.03. The average molecular weight is 325 g/mol. The molecule has 1 aromatic carbocycles. The predicted octanol–water partition coefficient (Wildman–Crippen LogP) is 3.28. The quantitative estimate of drug-likeness (QED) is 0.577. The molecule has 0 saturated heterocycles. The van der Waals surface area contributed by atoms with Gasteiger partial charge in [-0.15, -0.1) is 0 Å². The summed E-state index contributed by atoms with van der Waals surface area (Å²) < 4.78 is 7.43. The molecule has 0 radical (unpaired) electrons. The van der Waals surface area contributed by atoms with Gasteiger partial charge in [-0.25, -0.2) is 5.10 Å². The summed E-state index contributed by atoms with van der Waals surface area (Å²) in [6.07, 6.45) is 5.13. The molecule has 0 aliphatic carbocycles. The third-order valence-electron chi connectivity index (χ3n) is 3.10. The number of hydrogen-bond donors (Lipinski definition) is 1. The smallest absolute Gasteiger partial charge is 0.216 e. The Hall–Kier alpha value is -2.80. The fraction of sp³-hybridized carbons (Fsp3) is 0.125. The van der Waals surface area contributed by atoms with E-state index < -0.39 is 0 Å². The summed E-state index contributed by atoms with van der Waals surface area (Å²) in [6.45, 7) is 2.60. The Bertz CT molecular complexity index is 852. The van der Waals surface area contributed by atoms with Crippen LogP contribution in [0.1, 0.15) is 12.5 Å². The molecule has 0 saturated carbocycles. The first kappa shape index (κ1) is 15.1. The minimum atomic E-state index is 0.430. The average Bonchev–Trinajstić information content (AvgIpc) is 2.96. The summed E-state index contributed by atoms with van der Waals surface area (Å²) in [4.78, 5) is 4.00. The van der Waals surface area contributed by atoms with Crippen LogP contribution in [-0.4, -0.2) is 32.7 Å². The number of hydrogen-bond acceptors (Lipinski definition) is 5. The van der Waals surface area contributed by atoms with Crippen molar-refractivity contribution in [3.8, 4) is 17.1 Å². The van der Waals surface area contributed by atoms with E-state index in [0.717, 1.165) is 16.9 Å². The molecule has 0 spiro atoms. The van der Waals surface area contributed by atoms with E-state index >= 15 is 0 Å². The van der Waals surface area contributed by atoms with Gasteiger partial charge in [-0.3, -0.25) is 4.98 Å². The van der Waals surface area contributed by atoms with Gasteiger partial charge < -0.3 is 4.74 Å². The zero-order chi connectivity index (χ0) is 16.1. The second-order valence-electron chi connectivity index (χ2n) is 4.65. The van der Waals surface area contributed by atoms with E-state index in [2.05, 4.69) is 20.3 Å². The highest BCUT2D eigenvalue weighted by Gasteiger charge is 2.07. The van der Waals surface area contributed by atoms with Crippen LogP contribution in [-0.2, 0) is 0 Å². The van der Waals surface area contributed by atoms with E-state index in [1.54, 1.807) is 23.3 Å². The molecule has 0 amide bonds. The predicted molar refractivity (Wildman–Crippen MR) is 91.2 cm³/mol. The van der Waals surface area contributed by atoms with E-state index in [0.29, 0.717) is 17.2 Å². The van der Waals surface area contributed by atoms with Crippen molar-refractivity contribution >= 4 is 18.4 Å². The zero-order valence-corrected chi connectivity index (χ0v) is 13.3. The Labute approximate surface area is 138 Å². The van der Waals surface area contributed by atoms with Crippen LogP contribution in [0.15, 0.2) is 53.9 Å². The van der Waals surface area contributed by atoms with Gasteiger partial charge in [0, 0.05) is 18.0 Å². The Kier molecular flexibility index (Phi) is 4.58. The third kappa shape index (κ3) is 3.51. The van der Waals surface area contributed by atoms with Gasteiger partial charge in [0.05, 0.1) is 12.8 Å². The number of nitrogens with zero attached hydrogens (tertiary/aromatic N) is 4. The number of H-pyrrole nitrogens is 1. The molecule has 116 valence electrons. The van der Waals surface area contributed by atoms with Gasteiger partial charge in [-0.05, 0) is 61.1 Å². The van der Waals surface area contributed by atoms with E-state index in [9.17, 15) is 0 Å². The molecule has 3 rings (SSSR count). The summed E-state index contributed by atoms with van der Waals surface area (Å²) in [7, 11) is 0. The highest BCUT2D eigenvalue weighted by molar-refractivity contribution is 7.71. The molecule has 23 heavy (non-hydrogen) atoms. The van der Waals surface area contributed by atoms with Crippen LogP contribution in [0.4, 0.5) is 0 Å². The SMILES string of the molecule is CCOc1ccc(C=Nn2c(-c3ccncc3)n[nH]c2=S)cc1. The van der Waals surface area contributed by atoms with Crippen molar-refractivity contribution in [3.05, 3.63) is 59.1 Å². The highest BCUT2D eigenvalue weighted by Crippen LogP contribution is 2.16. The van der Waals surface area contributed by atoms with Gasteiger partial charge in [0.15, 0.2) is 5.82 Å². The third-order valence-corrected chi connectivity index (χ3v) is 3.37. The summed E-state index contributed by atoms with van der Waals surface area (Å²) in [5.74, 6) is 1.47. The first-order chi connectivity index (χ1) is 11.3. The molecule has 1 N–H and O–H groups in total. The van der Waals surface area contributed by atoms with Crippen molar-refractivity contribution in [1.29, 1.82) is 0 Å². The fourth-order valence-corrected chi connectivity index (χ4v) is 2.21. The molecule has 0 unspecified atom stereocenters. The number of nitrogens with one attached hydrogen (secondary N) is 1. The summed E-state index contributed by atoms with van der Waals surface area (Å²) in [5.41, 5.74) is 1.83. The van der Waals surface area contributed by atoms with E-state index in [4.69, 9.17) is 17.0 Å². The molecule has 7 heteroatoms. The standard InChI is InChI=1S/C16H15N5OS/c1-2-22-14-5-3-12(4-6-14)11-18-21-15(19-20-16(21)23)13-7-9-17-10-8-13/h3-11H,2H2,1H3,(H,20,23). The number of pyridine rings is 1. The van der Waals surface area contributed by atoms with Crippen molar-refractivity contribution in [1.82, 2.24) is 19.9 Å². The maximum absolute atomic E-state index is 5.42. The van der Waals surface area contributed by atoms with Gasteiger partial charge in [-0.2, -0.15) is 14.9 Å². The van der Waals surface area contributed by atoms with Crippen LogP contribution in [0.25, 0.3) is 11.4 Å². The van der Waals surface area contributed by atoms with Crippen LogP contribution < -0.4 is 4.74 Å². The van der Waals surface area contributed by atoms with Gasteiger partial charge in [-0.1, -0.05) is 0 Å². The Morgan fingerprint density at radius 2 is 1.96 bits per heavy atom. The van der Waals surface area contributed by atoms with Crippen LogP contribution >= 0.6 is 12.2 Å². The molecule has 2 aromatic heterocycles. The van der Waals surface area contributed by atoms with Crippen LogP contribution in [0, 0.1) is 4.77 Å². The van der Waals surface area contributed by atoms with Crippen molar-refractivity contribution in [2.24, 2.45) is 5.10 Å². The normalized spacial score (nSPS) is 11.0. The van der Waals surface area contributed by atoms with Crippen LogP contribution in [0.5, 0.6) is 5.75 Å². The van der Waals surface area contributed by atoms with E-state index in [1.165, 1.54) is 0 Å². The summed E-state index contributed by atoms with van der Waals surface area (Å²) >= 11 is 5.24. The van der Waals surface area contributed by atoms with Crippen molar-refractivity contribution in [2.45, 2.75) is 6.92 Å². The lowest BCUT2D eigenvalue weighted by atomic mass is 10.2. The minimum Gasteiger partial charge on any atom is -0.494 e. The van der Waals surface area contributed by atoms with E-state index in [-0.39, 0.29) is 0 Å². The molecule has 0 atom stereocenters. The van der Waals surface area contributed by atoms with Gasteiger partial charge >= 0.3 is 0 Å². The number of rotatable bonds is 5. The lowest BCUT2D eigenvalue weighted by molar-refractivity contribution is 0.340. The van der Waals surface area contributed by atoms with Crippen molar-refractivity contribution < 1.29 is 4.74 Å². The monoisotopic (exact) mass is 325 g/mol. The Morgan fingerprint density at radius 3 is 2.65 bits per heavy atom. The fourth-order valence-electron chi connectivity index (χ4n) is 2.03. The lowest BCUT2D eigenvalue weighted by Crippen LogP contribution is -1.95.